The minimum Gasteiger partial charge on any atom is -0.478 e. The van der Waals surface area contributed by atoms with E-state index in [0.717, 1.165) is 13.8 Å². The van der Waals surface area contributed by atoms with Crippen LogP contribution in [0.3, 0.4) is 0 Å². The van der Waals surface area contributed by atoms with E-state index >= 15 is 0 Å². The topological polar surface area (TPSA) is 169 Å². The minimum atomic E-state index is -4.85. The zero-order valence-corrected chi connectivity index (χ0v) is 15.9. The Morgan fingerprint density at radius 1 is 1.21 bits per heavy atom. The highest BCUT2D eigenvalue weighted by molar-refractivity contribution is 7.46. The number of esters is 2. The average molecular weight is 421 g/mol. The Kier molecular flexibility index (Phi) is 6.96. The van der Waals surface area contributed by atoms with Crippen molar-refractivity contribution < 1.29 is 52.6 Å². The van der Waals surface area contributed by atoms with Gasteiger partial charge >= 0.3 is 25.7 Å². The number of allylic oxidation sites excluding steroid dienone is 1. The first-order valence-electron chi connectivity index (χ1n) is 8.06. The van der Waals surface area contributed by atoms with Crippen molar-refractivity contribution in [3.8, 4) is 0 Å². The van der Waals surface area contributed by atoms with Crippen LogP contribution in [0, 0.1) is 0 Å². The molecule has 3 N–H and O–H groups in total. The largest absolute Gasteiger partial charge is 0.478 e. The summed E-state index contributed by atoms with van der Waals surface area (Å²) in [6, 6.07) is 0. The zero-order valence-electron chi connectivity index (χ0n) is 15.0. The summed E-state index contributed by atoms with van der Waals surface area (Å²) in [4.78, 5) is 53.4. The molecule has 0 radical (unpaired) electrons. The molecule has 0 aliphatic carbocycles. The Morgan fingerprint density at radius 3 is 2.36 bits per heavy atom. The molecule has 0 saturated carbocycles. The maximum Gasteiger partial charge on any atom is 0.469 e. The first-order chi connectivity index (χ1) is 13.0. The van der Waals surface area contributed by atoms with Crippen LogP contribution in [0.2, 0.25) is 0 Å². The molecule has 2 aliphatic rings. The quantitative estimate of drug-likeness (QED) is 0.368. The molecular formula is C15H20NO11P. The Hall–Kier alpha value is -2.24. The summed E-state index contributed by atoms with van der Waals surface area (Å²) in [5.74, 6) is -2.63. The smallest absolute Gasteiger partial charge is 0.469 e. The van der Waals surface area contributed by atoms with Crippen LogP contribution in [0.4, 0.5) is 0 Å². The summed E-state index contributed by atoms with van der Waals surface area (Å²) < 4.78 is 31.4. The number of phosphoric ester groups is 1. The van der Waals surface area contributed by atoms with Crippen LogP contribution in [-0.4, -0.2) is 68.8 Å². The van der Waals surface area contributed by atoms with Crippen molar-refractivity contribution in [2.24, 2.45) is 0 Å². The number of aliphatic carboxylic acids is 1. The molecule has 0 aromatic carbocycles. The molecule has 2 aliphatic heterocycles. The van der Waals surface area contributed by atoms with E-state index < -0.39 is 56.9 Å². The number of nitrogens with zero attached hydrogens (tertiary/aromatic N) is 1. The van der Waals surface area contributed by atoms with Crippen LogP contribution in [0.5, 0.6) is 0 Å². The molecule has 2 rings (SSSR count). The van der Waals surface area contributed by atoms with Gasteiger partial charge in [0.15, 0.2) is 18.4 Å². The number of carbonyl (C=O) groups excluding carboxylic acids is 2. The molecule has 156 valence electrons. The van der Waals surface area contributed by atoms with Crippen molar-refractivity contribution in [2.45, 2.75) is 44.8 Å². The molecule has 0 spiro atoms. The third-order valence-corrected chi connectivity index (χ3v) is 4.27. The van der Waals surface area contributed by atoms with Gasteiger partial charge in [0.2, 0.25) is 0 Å². The van der Waals surface area contributed by atoms with Gasteiger partial charge in [0.25, 0.3) is 0 Å². The molecule has 13 heteroatoms. The van der Waals surface area contributed by atoms with Crippen molar-refractivity contribution in [3.05, 3.63) is 24.0 Å². The normalized spacial score (nSPS) is 27.3. The van der Waals surface area contributed by atoms with E-state index in [1.54, 1.807) is 0 Å². The van der Waals surface area contributed by atoms with E-state index in [2.05, 4.69) is 4.52 Å². The molecule has 1 fully saturated rings. The number of hydrogen-bond acceptors (Lipinski definition) is 9. The lowest BCUT2D eigenvalue weighted by molar-refractivity contribution is -0.166. The van der Waals surface area contributed by atoms with Gasteiger partial charge in [0.05, 0.1) is 12.2 Å². The Balaban J connectivity index is 2.33. The SMILES string of the molecule is CC(=O)OC1C(OC(C)=O)[C@@H](COP(=O)(O)O)O[C@H]1N1C=CCC(C(=O)O)=C1. The van der Waals surface area contributed by atoms with Crippen LogP contribution in [0.25, 0.3) is 0 Å². The predicted molar refractivity (Wildman–Crippen MR) is 89.1 cm³/mol. The summed E-state index contributed by atoms with van der Waals surface area (Å²) in [5, 5.41) is 9.18. The van der Waals surface area contributed by atoms with Crippen LogP contribution >= 0.6 is 7.82 Å². The fourth-order valence-corrected chi connectivity index (χ4v) is 3.12. The molecular weight excluding hydrogens is 401 g/mol. The minimum absolute atomic E-state index is 0.0339. The molecule has 0 amide bonds. The van der Waals surface area contributed by atoms with Gasteiger partial charge in [-0.05, 0) is 0 Å². The van der Waals surface area contributed by atoms with Crippen molar-refractivity contribution in [2.75, 3.05) is 6.61 Å². The average Bonchev–Trinajstić information content (AvgIpc) is 2.89. The van der Waals surface area contributed by atoms with E-state index in [0.29, 0.717) is 0 Å². The molecule has 0 bridgehead atoms. The fraction of sp³-hybridized carbons (Fsp3) is 0.533. The molecule has 0 aromatic rings. The van der Waals surface area contributed by atoms with E-state index in [-0.39, 0.29) is 12.0 Å². The highest BCUT2D eigenvalue weighted by Gasteiger charge is 2.51. The third-order valence-electron chi connectivity index (χ3n) is 3.79. The second-order valence-electron chi connectivity index (χ2n) is 6.00. The number of rotatable bonds is 7. The molecule has 2 unspecified atom stereocenters. The first-order valence-corrected chi connectivity index (χ1v) is 9.59. The second kappa shape index (κ2) is 8.84. The number of carboxylic acids is 1. The number of carbonyl (C=O) groups is 3. The second-order valence-corrected chi connectivity index (χ2v) is 7.23. The molecule has 12 nitrogen and oxygen atoms in total. The van der Waals surface area contributed by atoms with Crippen LogP contribution in [-0.2, 0) is 37.7 Å². The Morgan fingerprint density at radius 2 is 1.82 bits per heavy atom. The van der Waals surface area contributed by atoms with Crippen molar-refractivity contribution >= 4 is 25.7 Å². The van der Waals surface area contributed by atoms with Crippen molar-refractivity contribution in [1.82, 2.24) is 4.90 Å². The fourth-order valence-electron chi connectivity index (χ4n) is 2.78. The summed E-state index contributed by atoms with van der Waals surface area (Å²) in [5.41, 5.74) is 0.0339. The van der Waals surface area contributed by atoms with Gasteiger partial charge in [0, 0.05) is 32.7 Å². The molecule has 28 heavy (non-hydrogen) atoms. The lowest BCUT2D eigenvalue weighted by Gasteiger charge is -2.30. The third kappa shape index (κ3) is 5.88. The van der Waals surface area contributed by atoms with Gasteiger partial charge in [-0.3, -0.25) is 14.1 Å². The maximum atomic E-state index is 11.5. The van der Waals surface area contributed by atoms with Crippen LogP contribution < -0.4 is 0 Å². The lowest BCUT2D eigenvalue weighted by Crippen LogP contribution is -2.44. The summed E-state index contributed by atoms with van der Waals surface area (Å²) >= 11 is 0. The lowest BCUT2D eigenvalue weighted by atomic mass is 10.1. The monoisotopic (exact) mass is 421 g/mol. The number of phosphoric acid groups is 1. The number of ether oxygens (including phenoxy) is 3. The highest BCUT2D eigenvalue weighted by Crippen LogP contribution is 2.38. The van der Waals surface area contributed by atoms with Gasteiger partial charge < -0.3 is 34.0 Å². The zero-order chi connectivity index (χ0) is 21.1. The van der Waals surface area contributed by atoms with Crippen molar-refractivity contribution in [1.29, 1.82) is 0 Å². The highest BCUT2D eigenvalue weighted by atomic mass is 31.2. The van der Waals surface area contributed by atoms with Gasteiger partial charge in [0.1, 0.15) is 6.10 Å². The van der Waals surface area contributed by atoms with E-state index in [9.17, 15) is 24.1 Å². The van der Waals surface area contributed by atoms with E-state index in [1.165, 1.54) is 23.4 Å². The molecule has 1 saturated heterocycles. The van der Waals surface area contributed by atoms with Crippen LogP contribution in [0.15, 0.2) is 24.0 Å². The molecule has 2 heterocycles. The Bertz CT molecular complexity index is 742. The van der Waals surface area contributed by atoms with Gasteiger partial charge in [-0.1, -0.05) is 6.08 Å². The van der Waals surface area contributed by atoms with E-state index in [1.807, 2.05) is 0 Å². The van der Waals surface area contributed by atoms with Crippen molar-refractivity contribution in [3.63, 3.8) is 0 Å². The summed E-state index contributed by atoms with van der Waals surface area (Å²) in [6.45, 7) is 1.55. The van der Waals surface area contributed by atoms with E-state index in [4.69, 9.17) is 24.0 Å². The predicted octanol–water partition coefficient (Wildman–Crippen LogP) is -0.128. The summed E-state index contributed by atoms with van der Waals surface area (Å²) in [6.07, 6.45) is -0.305. The van der Waals surface area contributed by atoms with Gasteiger partial charge in [-0.2, -0.15) is 0 Å². The molecule has 0 aromatic heterocycles. The summed E-state index contributed by atoms with van der Waals surface area (Å²) in [7, 11) is -4.85. The van der Waals surface area contributed by atoms with Crippen LogP contribution in [0.1, 0.15) is 20.3 Å². The Labute approximate surface area is 159 Å². The molecule has 4 atom stereocenters. The number of hydrogen-bond donors (Lipinski definition) is 3. The maximum absolute atomic E-state index is 11.5. The first kappa shape index (κ1) is 22.1. The number of carboxylic acid groups (broad SMARTS) is 1. The standard InChI is InChI=1S/C15H20NO11P/c1-8(17)25-12-11(7-24-28(21,22)23)27-14(13(12)26-9(2)18)16-5-3-4-10(6-16)15(19)20/h3,5-6,11-14H,4,7H2,1-2H3,(H,19,20)(H2,21,22,23)/t11-,12?,13?,14-/m1/s1. The van der Waals surface area contributed by atoms with Gasteiger partial charge in [-0.25, -0.2) is 9.36 Å². The van der Waals surface area contributed by atoms with Gasteiger partial charge in [-0.15, -0.1) is 0 Å².